The zero-order chi connectivity index (χ0) is 21.4. The quantitative estimate of drug-likeness (QED) is 0.437. The molecule has 9 heteroatoms. The molecule has 0 spiro atoms. The van der Waals surface area contributed by atoms with Crippen molar-refractivity contribution < 1.29 is 27.5 Å². The summed E-state index contributed by atoms with van der Waals surface area (Å²) >= 11 is 0. The van der Waals surface area contributed by atoms with Crippen molar-refractivity contribution in [2.24, 2.45) is 0 Å². The highest BCUT2D eigenvalue weighted by molar-refractivity contribution is 6.06. The highest BCUT2D eigenvalue weighted by atomic mass is 19.4. The summed E-state index contributed by atoms with van der Waals surface area (Å²) in [5.41, 5.74) is -0.733. The van der Waals surface area contributed by atoms with Crippen LogP contribution in [-0.2, 0) is 22.3 Å². The molecule has 0 saturated heterocycles. The Hall–Kier alpha value is -3.80. The second kappa shape index (κ2) is 9.41. The predicted octanol–water partition coefficient (Wildman–Crippen LogP) is 3.63. The molecule has 2 N–H and O–H groups in total. The monoisotopic (exact) mass is 403 g/mol. The number of rotatable bonds is 6. The van der Waals surface area contributed by atoms with E-state index in [2.05, 4.69) is 15.4 Å². The highest BCUT2D eigenvalue weighted by Crippen LogP contribution is 2.34. The maximum atomic E-state index is 13.0. The molecule has 0 bridgehead atoms. The summed E-state index contributed by atoms with van der Waals surface area (Å²) in [4.78, 5) is 23.5. The van der Waals surface area contributed by atoms with Crippen molar-refractivity contribution in [3.8, 4) is 6.07 Å². The Kier molecular flexibility index (Phi) is 6.98. The van der Waals surface area contributed by atoms with Crippen LogP contribution in [0.4, 0.5) is 18.9 Å². The largest absolute Gasteiger partial charge is 0.465 e. The number of carbonyl (C=O) groups excluding carboxylic acids is 2. The Balaban J connectivity index is 2.04. The van der Waals surface area contributed by atoms with Crippen molar-refractivity contribution in [3.05, 3.63) is 77.0 Å². The lowest BCUT2D eigenvalue weighted by Gasteiger charge is -2.13. The van der Waals surface area contributed by atoms with Crippen LogP contribution in [0.15, 0.2) is 60.3 Å². The number of ether oxygens (including phenoxy) is 1. The van der Waals surface area contributed by atoms with Gasteiger partial charge >= 0.3 is 12.1 Å². The van der Waals surface area contributed by atoms with Crippen molar-refractivity contribution in [1.82, 2.24) is 5.32 Å². The molecular weight excluding hydrogens is 387 g/mol. The van der Waals surface area contributed by atoms with Crippen LogP contribution in [0, 0.1) is 11.3 Å². The van der Waals surface area contributed by atoms with Crippen molar-refractivity contribution in [2.45, 2.75) is 12.7 Å². The predicted molar refractivity (Wildman–Crippen MR) is 98.4 cm³/mol. The maximum Gasteiger partial charge on any atom is 0.418 e. The van der Waals surface area contributed by atoms with Gasteiger partial charge in [-0.2, -0.15) is 18.4 Å². The molecule has 2 aromatic rings. The lowest BCUT2D eigenvalue weighted by molar-refractivity contribution is -0.137. The van der Waals surface area contributed by atoms with Gasteiger partial charge in [0.1, 0.15) is 11.6 Å². The fraction of sp³-hybridized carbons (Fsp3) is 0.150. The lowest BCUT2D eigenvalue weighted by Crippen LogP contribution is -2.19. The first kappa shape index (κ1) is 21.5. The molecule has 29 heavy (non-hydrogen) atoms. The second-order valence-corrected chi connectivity index (χ2v) is 5.74. The smallest absolute Gasteiger partial charge is 0.418 e. The Labute approximate surface area is 164 Å². The third-order valence-corrected chi connectivity index (χ3v) is 3.77. The summed E-state index contributed by atoms with van der Waals surface area (Å²) in [5.74, 6) is -1.45. The van der Waals surface area contributed by atoms with Crippen molar-refractivity contribution in [2.75, 3.05) is 12.4 Å². The van der Waals surface area contributed by atoms with Crippen molar-refractivity contribution >= 4 is 17.6 Å². The number of esters is 1. The van der Waals surface area contributed by atoms with E-state index in [1.807, 2.05) is 0 Å². The molecule has 0 atom stereocenters. The summed E-state index contributed by atoms with van der Waals surface area (Å²) in [6.07, 6.45) is -3.53. The van der Waals surface area contributed by atoms with Gasteiger partial charge in [0, 0.05) is 12.7 Å². The SMILES string of the molecule is COC(=O)c1ccc(CN/C=C(/C#N)C(=O)Nc2ccccc2C(F)(F)F)cc1. The number of benzene rings is 2. The minimum Gasteiger partial charge on any atom is -0.465 e. The summed E-state index contributed by atoms with van der Waals surface area (Å²) in [5, 5.41) is 14.0. The number of methoxy groups -OCH3 is 1. The molecule has 0 radical (unpaired) electrons. The van der Waals surface area contributed by atoms with E-state index in [4.69, 9.17) is 5.26 Å². The number of carbonyl (C=O) groups is 2. The first-order chi connectivity index (χ1) is 13.8. The summed E-state index contributed by atoms with van der Waals surface area (Å²) in [7, 11) is 1.27. The molecule has 0 unspecified atom stereocenters. The Morgan fingerprint density at radius 2 is 1.79 bits per heavy atom. The van der Waals surface area contributed by atoms with Crippen LogP contribution in [0.25, 0.3) is 0 Å². The van der Waals surface area contributed by atoms with Gasteiger partial charge in [0.15, 0.2) is 0 Å². The van der Waals surface area contributed by atoms with Crippen LogP contribution >= 0.6 is 0 Å². The molecule has 1 amide bonds. The normalized spacial score (nSPS) is 11.3. The maximum absolute atomic E-state index is 13.0. The lowest BCUT2D eigenvalue weighted by atomic mass is 10.1. The minimum absolute atomic E-state index is 0.221. The number of alkyl halides is 3. The molecule has 0 saturated carbocycles. The van der Waals surface area contributed by atoms with Gasteiger partial charge in [-0.15, -0.1) is 0 Å². The van der Waals surface area contributed by atoms with Crippen LogP contribution in [0.5, 0.6) is 0 Å². The average Bonchev–Trinajstić information content (AvgIpc) is 2.70. The number of nitriles is 1. The van der Waals surface area contributed by atoms with Crippen LogP contribution in [-0.4, -0.2) is 19.0 Å². The van der Waals surface area contributed by atoms with E-state index in [1.165, 1.54) is 19.2 Å². The van der Waals surface area contributed by atoms with Gasteiger partial charge in [0.25, 0.3) is 5.91 Å². The van der Waals surface area contributed by atoms with Crippen molar-refractivity contribution in [1.29, 1.82) is 5.26 Å². The summed E-state index contributed by atoms with van der Waals surface area (Å²) in [6, 6.07) is 12.5. The summed E-state index contributed by atoms with van der Waals surface area (Å²) in [6.45, 7) is 0.221. The van der Waals surface area contributed by atoms with E-state index in [0.717, 1.165) is 23.9 Å². The molecule has 0 aliphatic heterocycles. The van der Waals surface area contributed by atoms with Crippen LogP contribution < -0.4 is 10.6 Å². The molecule has 0 heterocycles. The highest BCUT2D eigenvalue weighted by Gasteiger charge is 2.33. The number of halogens is 3. The first-order valence-corrected chi connectivity index (χ1v) is 8.24. The van der Waals surface area contributed by atoms with Gasteiger partial charge in [0.05, 0.1) is 23.9 Å². The molecule has 150 valence electrons. The fourth-order valence-corrected chi connectivity index (χ4v) is 2.33. The average molecular weight is 403 g/mol. The third kappa shape index (κ3) is 5.84. The second-order valence-electron chi connectivity index (χ2n) is 5.74. The zero-order valence-corrected chi connectivity index (χ0v) is 15.2. The van der Waals surface area contributed by atoms with Gasteiger partial charge in [0.2, 0.25) is 0 Å². The molecule has 2 aromatic carbocycles. The van der Waals surface area contributed by atoms with E-state index in [-0.39, 0.29) is 6.54 Å². The van der Waals surface area contributed by atoms with Gasteiger partial charge in [-0.05, 0) is 29.8 Å². The third-order valence-electron chi connectivity index (χ3n) is 3.77. The molecule has 6 nitrogen and oxygen atoms in total. The minimum atomic E-state index is -4.64. The molecule has 0 fully saturated rings. The number of hydrogen-bond donors (Lipinski definition) is 2. The van der Waals surface area contributed by atoms with Gasteiger partial charge in [-0.3, -0.25) is 4.79 Å². The van der Waals surface area contributed by atoms with E-state index < -0.39 is 34.9 Å². The Bertz CT molecular complexity index is 961. The standard InChI is InChI=1S/C20H16F3N3O3/c1-29-19(28)14-8-6-13(7-9-14)11-25-12-15(10-24)18(27)26-17-5-3-2-4-16(17)20(21,22)23/h2-9,12,25H,11H2,1H3,(H,26,27)/b15-12-. The number of para-hydroxylation sites is 1. The fourth-order valence-electron chi connectivity index (χ4n) is 2.33. The van der Waals surface area contributed by atoms with Crippen LogP contribution in [0.2, 0.25) is 0 Å². The molecule has 0 aromatic heterocycles. The first-order valence-electron chi connectivity index (χ1n) is 8.24. The topological polar surface area (TPSA) is 91.2 Å². The van der Waals surface area contributed by atoms with Crippen molar-refractivity contribution in [3.63, 3.8) is 0 Å². The van der Waals surface area contributed by atoms with Gasteiger partial charge in [-0.1, -0.05) is 24.3 Å². The molecule has 2 rings (SSSR count). The van der Waals surface area contributed by atoms with E-state index in [9.17, 15) is 22.8 Å². The van der Waals surface area contributed by atoms with Crippen LogP contribution in [0.1, 0.15) is 21.5 Å². The molecule has 0 aliphatic carbocycles. The molecule has 0 aliphatic rings. The zero-order valence-electron chi connectivity index (χ0n) is 15.2. The summed E-state index contributed by atoms with van der Waals surface area (Å²) < 4.78 is 43.6. The van der Waals surface area contributed by atoms with E-state index in [0.29, 0.717) is 5.56 Å². The van der Waals surface area contributed by atoms with Gasteiger partial charge in [-0.25, -0.2) is 4.79 Å². The number of amides is 1. The van der Waals surface area contributed by atoms with Crippen LogP contribution in [0.3, 0.4) is 0 Å². The number of nitrogens with zero attached hydrogens (tertiary/aromatic N) is 1. The Morgan fingerprint density at radius 3 is 2.38 bits per heavy atom. The molecular formula is C20H16F3N3O3. The van der Waals surface area contributed by atoms with Gasteiger partial charge < -0.3 is 15.4 Å². The number of nitrogens with one attached hydrogen (secondary N) is 2. The number of anilines is 1. The van der Waals surface area contributed by atoms with E-state index >= 15 is 0 Å². The van der Waals surface area contributed by atoms with E-state index in [1.54, 1.807) is 30.3 Å². The number of hydrogen-bond acceptors (Lipinski definition) is 5. The Morgan fingerprint density at radius 1 is 1.14 bits per heavy atom.